The molecule has 0 aliphatic heterocycles. The second-order valence-corrected chi connectivity index (χ2v) is 3.81. The summed E-state index contributed by atoms with van der Waals surface area (Å²) in [7, 11) is 0. The van der Waals surface area contributed by atoms with Crippen molar-refractivity contribution >= 4 is 12.0 Å². The van der Waals surface area contributed by atoms with Gasteiger partial charge in [0.05, 0.1) is 6.42 Å². The molecular weight excluding hydrogens is 222 g/mol. The number of carbonyl (C=O) groups is 2. The average molecular weight is 245 g/mol. The third-order valence-electron chi connectivity index (χ3n) is 2.31. The smallest absolute Gasteiger partial charge is 0.315 e. The van der Waals surface area contributed by atoms with E-state index in [9.17, 15) is 9.59 Å². The van der Waals surface area contributed by atoms with Crippen molar-refractivity contribution in [3.8, 4) is 0 Å². The molecule has 0 aromatic rings. The number of aliphatic carboxylic acids is 1. The van der Waals surface area contributed by atoms with E-state index in [2.05, 4.69) is 16.0 Å². The third-order valence-corrected chi connectivity index (χ3v) is 2.31. The Hall–Kier alpha value is -1.30. The summed E-state index contributed by atoms with van der Waals surface area (Å²) in [6, 6.07) is -0.601. The van der Waals surface area contributed by atoms with Gasteiger partial charge in [-0.1, -0.05) is 13.8 Å². The topological polar surface area (TPSA) is 90.5 Å². The van der Waals surface area contributed by atoms with Crippen LogP contribution < -0.4 is 16.0 Å². The van der Waals surface area contributed by atoms with E-state index < -0.39 is 5.97 Å². The molecule has 1 unspecified atom stereocenters. The fraction of sp³-hybridized carbons (Fsp3) is 0.818. The number of carboxylic acids is 1. The molecule has 0 heterocycles. The highest BCUT2D eigenvalue weighted by Crippen LogP contribution is 1.96. The van der Waals surface area contributed by atoms with Gasteiger partial charge in [0, 0.05) is 12.6 Å². The maximum atomic E-state index is 11.4. The molecular formula is C11H23N3O3. The number of nitrogens with one attached hydrogen (secondary N) is 3. The van der Waals surface area contributed by atoms with Crippen LogP contribution in [0.2, 0.25) is 0 Å². The number of rotatable bonds is 9. The van der Waals surface area contributed by atoms with Crippen molar-refractivity contribution in [1.29, 1.82) is 0 Å². The van der Waals surface area contributed by atoms with E-state index in [1.165, 1.54) is 0 Å². The monoisotopic (exact) mass is 245 g/mol. The number of amides is 2. The van der Waals surface area contributed by atoms with Crippen molar-refractivity contribution in [3.63, 3.8) is 0 Å². The summed E-state index contributed by atoms with van der Waals surface area (Å²) < 4.78 is 0. The summed E-state index contributed by atoms with van der Waals surface area (Å²) in [5.41, 5.74) is 0. The van der Waals surface area contributed by atoms with Crippen molar-refractivity contribution < 1.29 is 14.7 Å². The van der Waals surface area contributed by atoms with Gasteiger partial charge in [-0.05, 0) is 25.9 Å². The predicted octanol–water partition coefficient (Wildman–Crippen LogP) is 0.539. The number of urea groups is 1. The Morgan fingerprint density at radius 3 is 2.47 bits per heavy atom. The molecule has 6 heteroatoms. The lowest BCUT2D eigenvalue weighted by molar-refractivity contribution is -0.137. The molecule has 0 radical (unpaired) electrons. The number of carboxylic acid groups (broad SMARTS) is 1. The van der Waals surface area contributed by atoms with Gasteiger partial charge in [0.1, 0.15) is 0 Å². The molecule has 6 nitrogen and oxygen atoms in total. The Morgan fingerprint density at radius 2 is 1.94 bits per heavy atom. The minimum absolute atomic E-state index is 0.0404. The summed E-state index contributed by atoms with van der Waals surface area (Å²) in [6.45, 7) is 6.24. The van der Waals surface area contributed by atoms with Gasteiger partial charge in [-0.3, -0.25) is 4.79 Å². The van der Waals surface area contributed by atoms with E-state index in [0.29, 0.717) is 13.0 Å². The van der Waals surface area contributed by atoms with Gasteiger partial charge < -0.3 is 21.1 Å². The van der Waals surface area contributed by atoms with Crippen LogP contribution >= 0.6 is 0 Å². The van der Waals surface area contributed by atoms with Crippen molar-refractivity contribution in [1.82, 2.24) is 16.0 Å². The molecule has 0 saturated heterocycles. The molecule has 0 aromatic carbocycles. The third kappa shape index (κ3) is 9.62. The Kier molecular flexibility index (Phi) is 9.14. The van der Waals surface area contributed by atoms with E-state index >= 15 is 0 Å². The Balaban J connectivity index is 3.64. The fourth-order valence-corrected chi connectivity index (χ4v) is 1.34. The SMILES string of the molecule is CCNCCCNC(=O)NC(CC)CC(=O)O. The van der Waals surface area contributed by atoms with Gasteiger partial charge in [-0.2, -0.15) is 0 Å². The Labute approximate surface area is 102 Å². The van der Waals surface area contributed by atoms with Crippen LogP contribution in [0.15, 0.2) is 0 Å². The largest absolute Gasteiger partial charge is 0.481 e. The summed E-state index contributed by atoms with van der Waals surface area (Å²) in [5.74, 6) is -0.899. The molecule has 0 fully saturated rings. The number of hydrogen-bond acceptors (Lipinski definition) is 3. The highest BCUT2D eigenvalue weighted by atomic mass is 16.4. The van der Waals surface area contributed by atoms with Gasteiger partial charge in [0.15, 0.2) is 0 Å². The zero-order chi connectivity index (χ0) is 13.1. The molecule has 0 saturated carbocycles. The number of carbonyl (C=O) groups excluding carboxylic acids is 1. The first-order chi connectivity index (χ1) is 8.10. The lowest BCUT2D eigenvalue weighted by Crippen LogP contribution is -2.43. The molecule has 1 atom stereocenters. The van der Waals surface area contributed by atoms with Gasteiger partial charge in [0.25, 0.3) is 0 Å². The second-order valence-electron chi connectivity index (χ2n) is 3.81. The maximum Gasteiger partial charge on any atom is 0.315 e. The zero-order valence-corrected chi connectivity index (χ0v) is 10.6. The van der Waals surface area contributed by atoms with E-state index in [1.807, 2.05) is 13.8 Å². The van der Waals surface area contributed by atoms with Crippen LogP contribution in [0.25, 0.3) is 0 Å². The first-order valence-electron chi connectivity index (χ1n) is 6.07. The molecule has 2 amide bonds. The summed E-state index contributed by atoms with van der Waals surface area (Å²) in [5, 5.41) is 17.1. The van der Waals surface area contributed by atoms with Gasteiger partial charge in [-0.25, -0.2) is 4.79 Å². The first-order valence-corrected chi connectivity index (χ1v) is 6.07. The Bertz CT molecular complexity index is 234. The van der Waals surface area contributed by atoms with Crippen molar-refractivity contribution in [3.05, 3.63) is 0 Å². The fourth-order valence-electron chi connectivity index (χ4n) is 1.34. The van der Waals surface area contributed by atoms with Gasteiger partial charge in [-0.15, -0.1) is 0 Å². The molecule has 4 N–H and O–H groups in total. The van der Waals surface area contributed by atoms with Crippen LogP contribution in [-0.2, 0) is 4.79 Å². The summed E-state index contributed by atoms with van der Waals surface area (Å²) >= 11 is 0. The van der Waals surface area contributed by atoms with Gasteiger partial charge in [0.2, 0.25) is 0 Å². The van der Waals surface area contributed by atoms with Crippen LogP contribution in [0.4, 0.5) is 4.79 Å². The molecule has 0 aliphatic carbocycles. The van der Waals surface area contributed by atoms with Crippen LogP contribution in [0.5, 0.6) is 0 Å². The standard InChI is InChI=1S/C11H23N3O3/c1-3-9(8-10(15)16)14-11(17)13-7-5-6-12-4-2/h9,12H,3-8H2,1-2H3,(H,15,16)(H2,13,14,17). The van der Waals surface area contributed by atoms with E-state index in [4.69, 9.17) is 5.11 Å². The quantitative estimate of drug-likeness (QED) is 0.446. The molecule has 100 valence electrons. The number of hydrogen-bond donors (Lipinski definition) is 4. The second kappa shape index (κ2) is 9.89. The van der Waals surface area contributed by atoms with E-state index in [-0.39, 0.29) is 18.5 Å². The molecule has 0 aromatic heterocycles. The van der Waals surface area contributed by atoms with Crippen molar-refractivity contribution in [2.45, 2.75) is 39.2 Å². The molecule has 0 aliphatic rings. The van der Waals surface area contributed by atoms with E-state index in [0.717, 1.165) is 19.5 Å². The van der Waals surface area contributed by atoms with Crippen LogP contribution in [0.3, 0.4) is 0 Å². The normalized spacial score (nSPS) is 11.9. The molecule has 17 heavy (non-hydrogen) atoms. The summed E-state index contributed by atoms with van der Waals surface area (Å²) in [4.78, 5) is 21.9. The van der Waals surface area contributed by atoms with Crippen LogP contribution in [0, 0.1) is 0 Å². The van der Waals surface area contributed by atoms with Crippen molar-refractivity contribution in [2.24, 2.45) is 0 Å². The molecule has 0 bridgehead atoms. The van der Waals surface area contributed by atoms with Crippen LogP contribution in [0.1, 0.15) is 33.1 Å². The Morgan fingerprint density at radius 1 is 1.24 bits per heavy atom. The average Bonchev–Trinajstić information content (AvgIpc) is 2.27. The maximum absolute atomic E-state index is 11.4. The predicted molar refractivity (Wildman–Crippen MR) is 66.0 cm³/mol. The van der Waals surface area contributed by atoms with Gasteiger partial charge >= 0.3 is 12.0 Å². The minimum Gasteiger partial charge on any atom is -0.481 e. The highest BCUT2D eigenvalue weighted by molar-refractivity contribution is 5.75. The highest BCUT2D eigenvalue weighted by Gasteiger charge is 2.13. The van der Waals surface area contributed by atoms with Crippen molar-refractivity contribution in [2.75, 3.05) is 19.6 Å². The summed E-state index contributed by atoms with van der Waals surface area (Å²) in [6.07, 6.45) is 1.43. The minimum atomic E-state index is -0.899. The lowest BCUT2D eigenvalue weighted by atomic mass is 10.1. The molecule has 0 rings (SSSR count). The first kappa shape index (κ1) is 15.7. The molecule has 0 spiro atoms. The van der Waals surface area contributed by atoms with E-state index in [1.54, 1.807) is 0 Å². The lowest BCUT2D eigenvalue weighted by Gasteiger charge is -2.15. The zero-order valence-electron chi connectivity index (χ0n) is 10.6. The van der Waals surface area contributed by atoms with Crippen LogP contribution in [-0.4, -0.2) is 42.8 Å².